The second-order valence-electron chi connectivity index (χ2n) is 9.86. The van der Waals surface area contributed by atoms with Gasteiger partial charge in [0, 0.05) is 55.2 Å². The number of rotatable bonds is 7. The molecule has 2 aromatic rings. The molecule has 2 aliphatic carbocycles. The molecule has 2 aromatic heterocycles. The molecule has 2 N–H and O–H groups in total. The van der Waals surface area contributed by atoms with Gasteiger partial charge >= 0.3 is 6.36 Å². The van der Waals surface area contributed by atoms with Crippen LogP contribution in [0.4, 0.5) is 19.0 Å². The van der Waals surface area contributed by atoms with Gasteiger partial charge in [-0.25, -0.2) is 4.98 Å². The fraction of sp³-hybridized carbons (Fsp3) is 0.652. The van der Waals surface area contributed by atoms with Crippen LogP contribution >= 0.6 is 0 Å². The Balaban J connectivity index is 1.37. The number of fused-ring (bicyclic) bond motifs is 1. The molecule has 7 nitrogen and oxygen atoms in total. The van der Waals surface area contributed by atoms with E-state index in [9.17, 15) is 13.2 Å². The van der Waals surface area contributed by atoms with E-state index in [1.807, 2.05) is 10.7 Å². The summed E-state index contributed by atoms with van der Waals surface area (Å²) in [6.45, 7) is 7.03. The molecule has 5 rings (SSSR count). The van der Waals surface area contributed by atoms with E-state index in [4.69, 9.17) is 15.6 Å². The molecular weight excluding hydrogens is 435 g/mol. The minimum atomic E-state index is -4.84. The van der Waals surface area contributed by atoms with Crippen molar-refractivity contribution >= 4 is 5.82 Å². The monoisotopic (exact) mass is 465 g/mol. The smallest absolute Gasteiger partial charge is 0.402 e. The molecule has 1 aliphatic heterocycles. The first kappa shape index (κ1) is 22.5. The zero-order valence-corrected chi connectivity index (χ0v) is 19.1. The van der Waals surface area contributed by atoms with E-state index in [0.29, 0.717) is 34.6 Å². The quantitative estimate of drug-likeness (QED) is 0.660. The summed E-state index contributed by atoms with van der Waals surface area (Å²) >= 11 is 0. The van der Waals surface area contributed by atoms with Crippen molar-refractivity contribution in [3.8, 4) is 17.0 Å². The molecule has 1 saturated heterocycles. The molecule has 180 valence electrons. The van der Waals surface area contributed by atoms with E-state index in [0.717, 1.165) is 25.4 Å². The van der Waals surface area contributed by atoms with Crippen molar-refractivity contribution in [1.82, 2.24) is 19.7 Å². The number of anilines is 1. The lowest BCUT2D eigenvalue weighted by atomic mass is 9.78. The fourth-order valence-corrected chi connectivity index (χ4v) is 6.01. The summed E-state index contributed by atoms with van der Waals surface area (Å²) in [7, 11) is 1.74. The Bertz CT molecular complexity index is 1030. The van der Waals surface area contributed by atoms with Gasteiger partial charge in [-0.05, 0) is 57.1 Å². The van der Waals surface area contributed by atoms with Gasteiger partial charge in [-0.15, -0.1) is 13.2 Å². The minimum absolute atomic E-state index is 0.138. The molecule has 3 aliphatic rings. The highest BCUT2D eigenvalue weighted by Gasteiger charge is 2.66. The minimum Gasteiger partial charge on any atom is -0.402 e. The van der Waals surface area contributed by atoms with Crippen molar-refractivity contribution in [2.45, 2.75) is 57.0 Å². The lowest BCUT2D eigenvalue weighted by Crippen LogP contribution is -2.59. The average Bonchev–Trinajstić information content (AvgIpc) is 3.08. The summed E-state index contributed by atoms with van der Waals surface area (Å²) in [6, 6.07) is 3.40. The Labute approximate surface area is 191 Å². The highest BCUT2D eigenvalue weighted by Crippen LogP contribution is 2.69. The van der Waals surface area contributed by atoms with Gasteiger partial charge in [-0.3, -0.25) is 9.58 Å². The van der Waals surface area contributed by atoms with Crippen LogP contribution in [0.5, 0.6) is 5.75 Å². The van der Waals surface area contributed by atoms with E-state index in [1.54, 1.807) is 7.11 Å². The van der Waals surface area contributed by atoms with Gasteiger partial charge in [0.15, 0.2) is 11.6 Å². The number of hydrogen-bond acceptors (Lipinski definition) is 6. The number of nitrogen functional groups attached to an aromatic ring is 1. The summed E-state index contributed by atoms with van der Waals surface area (Å²) in [5.41, 5.74) is 8.12. The van der Waals surface area contributed by atoms with Crippen LogP contribution in [0.25, 0.3) is 11.3 Å². The number of pyridine rings is 1. The lowest BCUT2D eigenvalue weighted by molar-refractivity contribution is -0.274. The van der Waals surface area contributed by atoms with Crippen molar-refractivity contribution in [2.24, 2.45) is 11.8 Å². The first-order chi connectivity index (χ1) is 15.6. The van der Waals surface area contributed by atoms with Crippen LogP contribution in [0.2, 0.25) is 0 Å². The molecule has 10 heteroatoms. The Morgan fingerprint density at radius 1 is 1.24 bits per heavy atom. The topological polar surface area (TPSA) is 78.4 Å². The van der Waals surface area contributed by atoms with Crippen molar-refractivity contribution in [1.29, 1.82) is 0 Å². The predicted molar refractivity (Wildman–Crippen MR) is 117 cm³/mol. The standard InChI is InChI=1S/C23H30F3N5O2/c1-13(2)31-18(20-15-10-22(11-16(15)20)4-5-30(22)6-7-32-3)9-17(29-31)14-8-19(21(27)28-12-14)33-23(24,25)26/h8-9,12-13,15-16,20H,4-7,10-11H2,1-3H3,(H2,27,28)/t15-,16+,20?,22?. The Morgan fingerprint density at radius 2 is 1.97 bits per heavy atom. The van der Waals surface area contributed by atoms with Gasteiger partial charge in [0.2, 0.25) is 0 Å². The molecule has 0 aromatic carbocycles. The van der Waals surface area contributed by atoms with Crippen molar-refractivity contribution in [3.05, 3.63) is 24.0 Å². The lowest BCUT2D eigenvalue weighted by Gasteiger charge is -2.52. The Hall–Kier alpha value is -2.33. The molecular formula is C23H30F3N5O2. The van der Waals surface area contributed by atoms with E-state index in [-0.39, 0.29) is 11.9 Å². The third kappa shape index (κ3) is 3.97. The van der Waals surface area contributed by atoms with Gasteiger partial charge in [0.1, 0.15) is 0 Å². The van der Waals surface area contributed by atoms with E-state index in [2.05, 4.69) is 28.5 Å². The van der Waals surface area contributed by atoms with Crippen molar-refractivity contribution < 1.29 is 22.6 Å². The normalized spacial score (nSPS) is 28.9. The number of nitrogens with zero attached hydrogens (tertiary/aromatic N) is 4. The number of ether oxygens (including phenoxy) is 2. The fourth-order valence-electron chi connectivity index (χ4n) is 6.01. The largest absolute Gasteiger partial charge is 0.573 e. The first-order valence-corrected chi connectivity index (χ1v) is 11.5. The number of alkyl halides is 3. The second-order valence-corrected chi connectivity index (χ2v) is 9.86. The van der Waals surface area contributed by atoms with Crippen LogP contribution in [-0.4, -0.2) is 58.4 Å². The van der Waals surface area contributed by atoms with Crippen LogP contribution < -0.4 is 10.5 Å². The number of nitrogens with two attached hydrogens (primary N) is 1. The van der Waals surface area contributed by atoms with E-state index >= 15 is 0 Å². The maximum atomic E-state index is 12.7. The molecule has 0 amide bonds. The summed E-state index contributed by atoms with van der Waals surface area (Å²) in [4.78, 5) is 6.48. The second kappa shape index (κ2) is 7.87. The maximum absolute atomic E-state index is 12.7. The van der Waals surface area contributed by atoms with Gasteiger partial charge in [-0.2, -0.15) is 5.10 Å². The van der Waals surface area contributed by atoms with Crippen molar-refractivity contribution in [2.75, 3.05) is 32.5 Å². The molecule has 33 heavy (non-hydrogen) atoms. The molecule has 1 spiro atoms. The van der Waals surface area contributed by atoms with Crippen molar-refractivity contribution in [3.63, 3.8) is 0 Å². The zero-order chi connectivity index (χ0) is 23.5. The van der Waals surface area contributed by atoms with Gasteiger partial charge < -0.3 is 15.2 Å². The molecule has 0 radical (unpaired) electrons. The summed E-state index contributed by atoms with van der Waals surface area (Å²) in [6.07, 6.45) is 0.247. The molecule has 3 heterocycles. The molecule has 4 atom stereocenters. The number of halogens is 3. The maximum Gasteiger partial charge on any atom is 0.573 e. The van der Waals surface area contributed by atoms with Crippen LogP contribution in [0.1, 0.15) is 50.8 Å². The predicted octanol–water partition coefficient (Wildman–Crippen LogP) is 4.22. The number of methoxy groups -OCH3 is 1. The van der Waals surface area contributed by atoms with E-state index < -0.39 is 12.1 Å². The van der Waals surface area contributed by atoms with Gasteiger partial charge in [-0.1, -0.05) is 0 Å². The molecule has 0 bridgehead atoms. The molecule has 3 fully saturated rings. The van der Waals surface area contributed by atoms with Gasteiger partial charge in [0.25, 0.3) is 0 Å². The molecule has 2 unspecified atom stereocenters. The van der Waals surface area contributed by atoms with E-state index in [1.165, 1.54) is 31.5 Å². The first-order valence-electron chi connectivity index (χ1n) is 11.5. The SMILES string of the molecule is COCCN1CCC12C[C@@H]1C(c3cc(-c4cnc(N)c(OC(F)(F)F)c4)nn3C(C)C)[C@@H]1C2. The number of hydrogen-bond donors (Lipinski definition) is 1. The van der Waals surface area contributed by atoms with Crippen LogP contribution in [0.15, 0.2) is 18.3 Å². The Morgan fingerprint density at radius 3 is 2.55 bits per heavy atom. The van der Waals surface area contributed by atoms with Crippen LogP contribution in [0.3, 0.4) is 0 Å². The van der Waals surface area contributed by atoms with Gasteiger partial charge in [0.05, 0.1) is 12.3 Å². The Kier molecular flexibility index (Phi) is 5.36. The number of likely N-dealkylation sites (tertiary alicyclic amines) is 1. The highest BCUT2D eigenvalue weighted by atomic mass is 19.4. The van der Waals surface area contributed by atoms with Crippen LogP contribution in [-0.2, 0) is 4.74 Å². The summed E-state index contributed by atoms with van der Waals surface area (Å²) in [5.74, 6) is 0.890. The zero-order valence-electron chi connectivity index (χ0n) is 19.1. The molecule has 2 saturated carbocycles. The third-order valence-corrected chi connectivity index (χ3v) is 7.64. The average molecular weight is 466 g/mol. The highest BCUT2D eigenvalue weighted by molar-refractivity contribution is 5.64. The summed E-state index contributed by atoms with van der Waals surface area (Å²) < 4.78 is 49.5. The third-order valence-electron chi connectivity index (χ3n) is 7.64. The number of aromatic nitrogens is 3. The summed E-state index contributed by atoms with van der Waals surface area (Å²) in [5, 5.41) is 4.73. The van der Waals surface area contributed by atoms with Crippen LogP contribution in [0, 0.1) is 11.8 Å².